The van der Waals surface area contributed by atoms with Crippen molar-refractivity contribution < 1.29 is 14.3 Å². The minimum Gasteiger partial charge on any atom is -0.378 e. The maximum atomic E-state index is 11.5. The van der Waals surface area contributed by atoms with Gasteiger partial charge in [-0.2, -0.15) is 0 Å². The molecule has 1 aromatic rings. The van der Waals surface area contributed by atoms with Crippen molar-refractivity contribution in [3.05, 3.63) is 29.8 Å². The van der Waals surface area contributed by atoms with E-state index in [1.54, 1.807) is 0 Å². The molecule has 0 bridgehead atoms. The average molecular weight is 274 g/mol. The van der Waals surface area contributed by atoms with Gasteiger partial charge in [0.2, 0.25) is 5.91 Å². The van der Waals surface area contributed by atoms with Crippen molar-refractivity contribution in [3.8, 4) is 0 Å². The number of carbonyl (C=O) groups is 2. The van der Waals surface area contributed by atoms with E-state index in [0.29, 0.717) is 6.42 Å². The number of ketones is 1. The number of hydrogen-bond acceptors (Lipinski definition) is 4. The molecule has 0 aliphatic carbocycles. The Morgan fingerprint density at radius 2 is 1.80 bits per heavy atom. The van der Waals surface area contributed by atoms with Crippen LogP contribution in [0, 0.1) is 0 Å². The smallest absolute Gasteiger partial charge is 0.227 e. The third-order valence-corrected chi connectivity index (χ3v) is 3.80. The molecule has 3 rings (SSSR count). The Labute approximate surface area is 117 Å². The number of nitrogens with one attached hydrogen (secondary N) is 1. The highest BCUT2D eigenvalue weighted by atomic mass is 16.5. The molecule has 5 nitrogen and oxygen atoms in total. The summed E-state index contributed by atoms with van der Waals surface area (Å²) in [5.41, 5.74) is 2.15. The normalized spacial score (nSPS) is 23.6. The molecule has 1 aromatic carbocycles. The standard InChI is InChI=1S/C15H18N2O3/c18-13-9-14(16-15(19)10-13)11-1-3-12(4-2-11)17-5-7-20-8-6-17/h1-4,14H,5-10H2,(H,16,19). The second-order valence-corrected chi connectivity index (χ2v) is 5.23. The first kappa shape index (κ1) is 13.1. The molecular weight excluding hydrogens is 256 g/mol. The predicted molar refractivity (Wildman–Crippen MR) is 74.6 cm³/mol. The van der Waals surface area contributed by atoms with E-state index < -0.39 is 0 Å². The van der Waals surface area contributed by atoms with Crippen LogP contribution in [0.2, 0.25) is 0 Å². The van der Waals surface area contributed by atoms with Crippen molar-refractivity contribution in [2.75, 3.05) is 31.2 Å². The van der Waals surface area contributed by atoms with E-state index in [0.717, 1.165) is 37.6 Å². The number of piperidine rings is 1. The summed E-state index contributed by atoms with van der Waals surface area (Å²) in [5, 5.41) is 2.87. The van der Waals surface area contributed by atoms with Gasteiger partial charge in [-0.3, -0.25) is 9.59 Å². The summed E-state index contributed by atoms with van der Waals surface area (Å²) in [7, 11) is 0. The van der Waals surface area contributed by atoms with Crippen molar-refractivity contribution in [3.63, 3.8) is 0 Å². The van der Waals surface area contributed by atoms with Gasteiger partial charge < -0.3 is 15.0 Å². The second-order valence-electron chi connectivity index (χ2n) is 5.23. The first-order valence-electron chi connectivity index (χ1n) is 6.96. The summed E-state index contributed by atoms with van der Waals surface area (Å²) in [6, 6.07) is 7.91. The van der Waals surface area contributed by atoms with Crippen molar-refractivity contribution >= 4 is 17.4 Å². The monoisotopic (exact) mass is 274 g/mol. The van der Waals surface area contributed by atoms with E-state index in [4.69, 9.17) is 4.74 Å². The highest BCUT2D eigenvalue weighted by molar-refractivity contribution is 6.00. The number of rotatable bonds is 2. The lowest BCUT2D eigenvalue weighted by atomic mass is 9.96. The maximum absolute atomic E-state index is 11.5. The van der Waals surface area contributed by atoms with Crippen LogP contribution in [-0.4, -0.2) is 38.0 Å². The zero-order valence-electron chi connectivity index (χ0n) is 11.3. The average Bonchev–Trinajstić information content (AvgIpc) is 2.47. The molecule has 2 aliphatic heterocycles. The molecule has 0 radical (unpaired) electrons. The molecule has 1 amide bonds. The number of nitrogens with zero attached hydrogens (tertiary/aromatic N) is 1. The summed E-state index contributed by atoms with van der Waals surface area (Å²) in [6.07, 6.45) is 0.408. The summed E-state index contributed by atoms with van der Waals surface area (Å²) >= 11 is 0. The lowest BCUT2D eigenvalue weighted by Gasteiger charge is -2.29. The second kappa shape index (κ2) is 5.63. The fourth-order valence-corrected chi connectivity index (χ4v) is 2.72. The van der Waals surface area contributed by atoms with E-state index in [1.165, 1.54) is 0 Å². The van der Waals surface area contributed by atoms with Crippen LogP contribution in [-0.2, 0) is 14.3 Å². The molecule has 5 heteroatoms. The molecule has 1 N–H and O–H groups in total. The number of carbonyl (C=O) groups excluding carboxylic acids is 2. The summed E-state index contributed by atoms with van der Waals surface area (Å²) in [6.45, 7) is 3.32. The van der Waals surface area contributed by atoms with Crippen LogP contribution in [0.25, 0.3) is 0 Å². The topological polar surface area (TPSA) is 58.6 Å². The Kier molecular flexibility index (Phi) is 3.69. The highest BCUT2D eigenvalue weighted by Gasteiger charge is 2.25. The molecule has 0 aromatic heterocycles. The fourth-order valence-electron chi connectivity index (χ4n) is 2.72. The quantitative estimate of drug-likeness (QED) is 0.819. The fraction of sp³-hybridized carbons (Fsp3) is 0.467. The number of Topliss-reactive ketones (excluding diaryl/α,β-unsaturated/α-hetero) is 1. The van der Waals surface area contributed by atoms with Gasteiger partial charge in [-0.05, 0) is 17.7 Å². The molecular formula is C15H18N2O3. The Hall–Kier alpha value is -1.88. The van der Waals surface area contributed by atoms with Crippen molar-refractivity contribution in [2.24, 2.45) is 0 Å². The van der Waals surface area contributed by atoms with Gasteiger partial charge in [-0.25, -0.2) is 0 Å². The SMILES string of the molecule is O=C1CC(=O)NC(c2ccc(N3CCOCC3)cc2)C1. The lowest BCUT2D eigenvalue weighted by molar-refractivity contribution is -0.132. The van der Waals surface area contributed by atoms with Crippen LogP contribution >= 0.6 is 0 Å². The van der Waals surface area contributed by atoms with Gasteiger partial charge in [0.25, 0.3) is 0 Å². The van der Waals surface area contributed by atoms with Gasteiger partial charge in [-0.1, -0.05) is 12.1 Å². The first-order chi connectivity index (χ1) is 9.72. The predicted octanol–water partition coefficient (Wildman–Crippen LogP) is 1.04. The molecule has 0 saturated carbocycles. The zero-order chi connectivity index (χ0) is 13.9. The van der Waals surface area contributed by atoms with Gasteiger partial charge in [0, 0.05) is 25.2 Å². The number of morpholine rings is 1. The molecule has 2 saturated heterocycles. The number of amides is 1. The summed E-state index contributed by atoms with van der Waals surface area (Å²) in [4.78, 5) is 25.2. The summed E-state index contributed by atoms with van der Waals surface area (Å²) in [5.74, 6) is -0.167. The molecule has 20 heavy (non-hydrogen) atoms. The summed E-state index contributed by atoms with van der Waals surface area (Å²) < 4.78 is 5.34. The minimum absolute atomic E-state index is 0.0102. The molecule has 2 aliphatic rings. The molecule has 2 heterocycles. The molecule has 106 valence electrons. The zero-order valence-corrected chi connectivity index (χ0v) is 11.3. The van der Waals surface area contributed by atoms with E-state index >= 15 is 0 Å². The van der Waals surface area contributed by atoms with E-state index in [1.807, 2.05) is 24.3 Å². The van der Waals surface area contributed by atoms with Crippen molar-refractivity contribution in [2.45, 2.75) is 18.9 Å². The van der Waals surface area contributed by atoms with Gasteiger partial charge in [-0.15, -0.1) is 0 Å². The van der Waals surface area contributed by atoms with Gasteiger partial charge >= 0.3 is 0 Å². The molecule has 1 unspecified atom stereocenters. The Morgan fingerprint density at radius 3 is 2.45 bits per heavy atom. The van der Waals surface area contributed by atoms with Gasteiger partial charge in [0.15, 0.2) is 0 Å². The van der Waals surface area contributed by atoms with E-state index in [2.05, 4.69) is 10.2 Å². The number of hydrogen-bond donors (Lipinski definition) is 1. The van der Waals surface area contributed by atoms with Crippen molar-refractivity contribution in [1.82, 2.24) is 5.32 Å². The van der Waals surface area contributed by atoms with E-state index in [-0.39, 0.29) is 24.2 Å². The third-order valence-electron chi connectivity index (χ3n) is 3.80. The van der Waals surface area contributed by atoms with Gasteiger partial charge in [0.05, 0.1) is 25.7 Å². The third kappa shape index (κ3) is 2.82. The molecule has 1 atom stereocenters. The Bertz CT molecular complexity index is 490. The lowest BCUT2D eigenvalue weighted by Crippen LogP contribution is -2.37. The van der Waals surface area contributed by atoms with Gasteiger partial charge in [0.1, 0.15) is 5.78 Å². The number of benzene rings is 1. The first-order valence-corrected chi connectivity index (χ1v) is 6.96. The number of anilines is 1. The number of ether oxygens (including phenoxy) is 1. The largest absolute Gasteiger partial charge is 0.378 e. The molecule has 0 spiro atoms. The maximum Gasteiger partial charge on any atom is 0.227 e. The van der Waals surface area contributed by atoms with Crippen LogP contribution in [0.5, 0.6) is 0 Å². The van der Waals surface area contributed by atoms with Crippen LogP contribution in [0.4, 0.5) is 5.69 Å². The Morgan fingerprint density at radius 1 is 1.10 bits per heavy atom. The van der Waals surface area contributed by atoms with Crippen LogP contribution in [0.3, 0.4) is 0 Å². The van der Waals surface area contributed by atoms with Crippen LogP contribution in [0.1, 0.15) is 24.4 Å². The molecule has 2 fully saturated rings. The van der Waals surface area contributed by atoms with Crippen LogP contribution < -0.4 is 10.2 Å². The van der Waals surface area contributed by atoms with E-state index in [9.17, 15) is 9.59 Å². The van der Waals surface area contributed by atoms with Crippen molar-refractivity contribution in [1.29, 1.82) is 0 Å². The minimum atomic E-state index is -0.178. The highest BCUT2D eigenvalue weighted by Crippen LogP contribution is 2.24. The van der Waals surface area contributed by atoms with Crippen LogP contribution in [0.15, 0.2) is 24.3 Å². The Balaban J connectivity index is 1.72.